The van der Waals surface area contributed by atoms with Gasteiger partial charge in [-0.05, 0) is 12.8 Å². The third-order valence-electron chi connectivity index (χ3n) is 2.80. The molecule has 0 amide bonds. The van der Waals surface area contributed by atoms with Gasteiger partial charge in [-0.15, -0.1) is 0 Å². The van der Waals surface area contributed by atoms with Crippen LogP contribution in [0.4, 0.5) is 0 Å². The molecule has 1 N–H and O–H groups in total. The number of carboxylic acids is 1. The van der Waals surface area contributed by atoms with Gasteiger partial charge in [0.1, 0.15) is 0 Å². The average Bonchev–Trinajstić information content (AvgIpc) is 2.29. The largest absolute Gasteiger partial charge is 0.481 e. The second kappa shape index (κ2) is 9.23. The van der Waals surface area contributed by atoms with Gasteiger partial charge in [0.05, 0.1) is 0 Å². The lowest BCUT2D eigenvalue weighted by atomic mass is 10.1. The molecule has 0 bridgehead atoms. The lowest BCUT2D eigenvalue weighted by molar-refractivity contribution is -0.137. The number of hydrogen-bond acceptors (Lipinski definition) is 3. The fourth-order valence-corrected chi connectivity index (χ4v) is 4.67. The number of unbranched alkanes of at least 4 members (excludes halogenated alkanes) is 4. The Hall–Kier alpha value is 0.170. The van der Waals surface area contributed by atoms with Crippen LogP contribution in [0, 0.1) is 0 Å². The van der Waals surface area contributed by atoms with Gasteiger partial charge in [-0.2, -0.15) is 23.5 Å². The minimum absolute atomic E-state index is 0.342. The number of carboxylic acid groups (broad SMARTS) is 1. The molecule has 0 aromatic rings. The molecule has 0 aliphatic carbocycles. The van der Waals surface area contributed by atoms with Crippen LogP contribution in [0.25, 0.3) is 0 Å². The SMILES string of the molecule is O=C(O)CCCCCCCC1CSCCS1. The Balaban J connectivity index is 1.82. The summed E-state index contributed by atoms with van der Waals surface area (Å²) < 4.78 is 0. The molecule has 1 saturated heterocycles. The van der Waals surface area contributed by atoms with Crippen molar-refractivity contribution in [2.75, 3.05) is 17.3 Å². The molecule has 16 heavy (non-hydrogen) atoms. The highest BCUT2D eigenvalue weighted by atomic mass is 32.2. The maximum atomic E-state index is 10.3. The van der Waals surface area contributed by atoms with Gasteiger partial charge in [0.25, 0.3) is 0 Å². The van der Waals surface area contributed by atoms with Crippen LogP contribution in [0.1, 0.15) is 44.9 Å². The van der Waals surface area contributed by atoms with Gasteiger partial charge in [0.15, 0.2) is 0 Å². The molecule has 0 spiro atoms. The lowest BCUT2D eigenvalue weighted by Crippen LogP contribution is -2.13. The summed E-state index contributed by atoms with van der Waals surface area (Å²) in [7, 11) is 0. The summed E-state index contributed by atoms with van der Waals surface area (Å²) >= 11 is 4.23. The monoisotopic (exact) mass is 262 g/mol. The van der Waals surface area contributed by atoms with Crippen LogP contribution in [0.15, 0.2) is 0 Å². The van der Waals surface area contributed by atoms with Gasteiger partial charge in [-0.25, -0.2) is 0 Å². The molecule has 1 heterocycles. The van der Waals surface area contributed by atoms with Gasteiger partial charge in [0, 0.05) is 28.9 Å². The van der Waals surface area contributed by atoms with Crippen LogP contribution in [0.2, 0.25) is 0 Å². The van der Waals surface area contributed by atoms with Crippen molar-refractivity contribution in [3.8, 4) is 0 Å². The Morgan fingerprint density at radius 1 is 1.12 bits per heavy atom. The zero-order valence-electron chi connectivity index (χ0n) is 9.82. The number of thioether (sulfide) groups is 2. The number of rotatable bonds is 8. The summed E-state index contributed by atoms with van der Waals surface area (Å²) in [5, 5.41) is 9.37. The van der Waals surface area contributed by atoms with Gasteiger partial charge in [-0.3, -0.25) is 4.79 Å². The summed E-state index contributed by atoms with van der Waals surface area (Å²) in [6, 6.07) is 0. The summed E-state index contributed by atoms with van der Waals surface area (Å²) in [5.74, 6) is 3.34. The predicted octanol–water partition coefficient (Wildman–Crippen LogP) is 3.65. The van der Waals surface area contributed by atoms with Crippen LogP contribution in [-0.4, -0.2) is 33.6 Å². The summed E-state index contributed by atoms with van der Waals surface area (Å²) in [4.78, 5) is 10.3. The standard InChI is InChI=1S/C12H22O2S2/c13-12(14)7-5-3-1-2-4-6-11-10-15-8-9-16-11/h11H,1-10H2,(H,13,14). The highest BCUT2D eigenvalue weighted by Gasteiger charge is 2.13. The van der Waals surface area contributed by atoms with E-state index in [2.05, 4.69) is 23.5 Å². The smallest absolute Gasteiger partial charge is 0.303 e. The maximum Gasteiger partial charge on any atom is 0.303 e. The summed E-state index contributed by atoms with van der Waals surface area (Å²) in [6.07, 6.45) is 7.44. The Morgan fingerprint density at radius 2 is 1.88 bits per heavy atom. The van der Waals surface area contributed by atoms with E-state index in [1.807, 2.05) is 0 Å². The third kappa shape index (κ3) is 7.44. The molecule has 1 aliphatic rings. The number of carbonyl (C=O) groups is 1. The van der Waals surface area contributed by atoms with Crippen molar-refractivity contribution in [1.82, 2.24) is 0 Å². The Kier molecular flexibility index (Phi) is 8.21. The van der Waals surface area contributed by atoms with E-state index in [1.165, 1.54) is 42.9 Å². The van der Waals surface area contributed by atoms with Crippen LogP contribution in [-0.2, 0) is 4.79 Å². The molecule has 1 rings (SSSR count). The van der Waals surface area contributed by atoms with E-state index in [9.17, 15) is 4.79 Å². The number of aliphatic carboxylic acids is 1. The molecule has 0 radical (unpaired) electrons. The van der Waals surface area contributed by atoms with E-state index >= 15 is 0 Å². The van der Waals surface area contributed by atoms with Crippen LogP contribution >= 0.6 is 23.5 Å². The highest BCUT2D eigenvalue weighted by Crippen LogP contribution is 2.27. The summed E-state index contributed by atoms with van der Waals surface area (Å²) in [6.45, 7) is 0. The topological polar surface area (TPSA) is 37.3 Å². The van der Waals surface area contributed by atoms with Crippen molar-refractivity contribution in [3.63, 3.8) is 0 Å². The van der Waals surface area contributed by atoms with Crippen molar-refractivity contribution >= 4 is 29.5 Å². The van der Waals surface area contributed by atoms with Crippen LogP contribution in [0.3, 0.4) is 0 Å². The first-order valence-corrected chi connectivity index (χ1v) is 8.40. The van der Waals surface area contributed by atoms with Crippen molar-refractivity contribution < 1.29 is 9.90 Å². The van der Waals surface area contributed by atoms with Crippen molar-refractivity contribution in [2.24, 2.45) is 0 Å². The van der Waals surface area contributed by atoms with Crippen molar-refractivity contribution in [3.05, 3.63) is 0 Å². The molecule has 1 aliphatic heterocycles. The quantitative estimate of drug-likeness (QED) is 0.678. The Morgan fingerprint density at radius 3 is 2.56 bits per heavy atom. The van der Waals surface area contributed by atoms with Crippen molar-refractivity contribution in [2.45, 2.75) is 50.2 Å². The van der Waals surface area contributed by atoms with E-state index in [1.54, 1.807) is 0 Å². The zero-order valence-corrected chi connectivity index (χ0v) is 11.5. The number of hydrogen-bond donors (Lipinski definition) is 1. The molecule has 4 heteroatoms. The maximum absolute atomic E-state index is 10.3. The minimum atomic E-state index is -0.657. The molecule has 1 atom stereocenters. The molecular formula is C12H22O2S2. The lowest BCUT2D eigenvalue weighted by Gasteiger charge is -2.20. The molecule has 1 fully saturated rings. The van der Waals surface area contributed by atoms with Crippen LogP contribution < -0.4 is 0 Å². The molecular weight excluding hydrogens is 240 g/mol. The van der Waals surface area contributed by atoms with E-state index in [0.29, 0.717) is 6.42 Å². The normalized spacial score (nSPS) is 20.9. The van der Waals surface area contributed by atoms with Crippen LogP contribution in [0.5, 0.6) is 0 Å². The van der Waals surface area contributed by atoms with E-state index in [0.717, 1.165) is 18.1 Å². The first-order valence-electron chi connectivity index (χ1n) is 6.20. The molecule has 0 aromatic heterocycles. The van der Waals surface area contributed by atoms with Gasteiger partial charge in [0.2, 0.25) is 0 Å². The summed E-state index contributed by atoms with van der Waals surface area (Å²) in [5.41, 5.74) is 0. The minimum Gasteiger partial charge on any atom is -0.481 e. The first kappa shape index (κ1) is 14.2. The van der Waals surface area contributed by atoms with E-state index in [4.69, 9.17) is 5.11 Å². The Labute approximate surface area is 107 Å². The van der Waals surface area contributed by atoms with Gasteiger partial charge in [-0.1, -0.05) is 25.7 Å². The van der Waals surface area contributed by atoms with E-state index < -0.39 is 5.97 Å². The second-order valence-electron chi connectivity index (χ2n) is 4.27. The zero-order chi connectivity index (χ0) is 11.6. The van der Waals surface area contributed by atoms with Crippen molar-refractivity contribution in [1.29, 1.82) is 0 Å². The van der Waals surface area contributed by atoms with Gasteiger partial charge < -0.3 is 5.11 Å². The predicted molar refractivity (Wildman–Crippen MR) is 73.5 cm³/mol. The van der Waals surface area contributed by atoms with Gasteiger partial charge >= 0.3 is 5.97 Å². The molecule has 2 nitrogen and oxygen atoms in total. The average molecular weight is 262 g/mol. The third-order valence-corrected chi connectivity index (χ3v) is 5.72. The fourth-order valence-electron chi connectivity index (χ4n) is 1.88. The first-order chi connectivity index (χ1) is 7.79. The molecule has 94 valence electrons. The molecule has 0 aromatic carbocycles. The highest BCUT2D eigenvalue weighted by molar-refractivity contribution is 8.06. The second-order valence-corrected chi connectivity index (χ2v) is 6.83. The Bertz CT molecular complexity index is 191. The molecule has 0 saturated carbocycles. The molecule has 1 unspecified atom stereocenters. The van der Waals surface area contributed by atoms with E-state index in [-0.39, 0.29) is 0 Å². The fraction of sp³-hybridized carbons (Fsp3) is 0.917.